The van der Waals surface area contributed by atoms with Crippen molar-refractivity contribution in [3.8, 4) is 0 Å². The molecule has 0 amide bonds. The summed E-state index contributed by atoms with van der Waals surface area (Å²) >= 11 is 1.78. The molecule has 2 aromatic heterocycles. The van der Waals surface area contributed by atoms with Gasteiger partial charge in [0, 0.05) is 17.5 Å². The lowest BCUT2D eigenvalue weighted by atomic mass is 9.93. The van der Waals surface area contributed by atoms with E-state index in [1.807, 2.05) is 0 Å². The molecule has 0 aromatic carbocycles. The second-order valence-electron chi connectivity index (χ2n) is 5.66. The summed E-state index contributed by atoms with van der Waals surface area (Å²) in [7, 11) is 0. The van der Waals surface area contributed by atoms with Gasteiger partial charge in [-0.25, -0.2) is 9.97 Å². The Bertz CT molecular complexity index is 595. The van der Waals surface area contributed by atoms with Crippen molar-refractivity contribution in [3.05, 3.63) is 17.3 Å². The van der Waals surface area contributed by atoms with E-state index in [-0.39, 0.29) is 0 Å². The predicted molar refractivity (Wildman–Crippen MR) is 85.4 cm³/mol. The second kappa shape index (κ2) is 5.66. The molecule has 1 aliphatic rings. The zero-order valence-corrected chi connectivity index (χ0v) is 13.0. The molecule has 0 bridgehead atoms. The number of aromatic nitrogens is 2. The molecule has 3 heterocycles. The standard InChI is InChI=1S/C15H22N4S/c1-3-12-6-13-14(17-9-18-15(13)20-12)19-8-11(7-16)5-4-10(19)2/h6,9-11H,3-5,7-8,16H2,1-2H3. The fourth-order valence-corrected chi connectivity index (χ4v) is 3.90. The monoisotopic (exact) mass is 290 g/mol. The van der Waals surface area contributed by atoms with Crippen LogP contribution in [0.4, 0.5) is 5.82 Å². The van der Waals surface area contributed by atoms with E-state index in [0.717, 1.165) is 30.2 Å². The number of hydrogen-bond acceptors (Lipinski definition) is 5. The Morgan fingerprint density at radius 1 is 1.40 bits per heavy atom. The fourth-order valence-electron chi connectivity index (χ4n) is 2.97. The molecular weight excluding hydrogens is 268 g/mol. The number of nitrogens with two attached hydrogens (primary N) is 1. The highest BCUT2D eigenvalue weighted by Gasteiger charge is 2.27. The minimum atomic E-state index is 0.529. The number of rotatable bonds is 3. The van der Waals surface area contributed by atoms with Gasteiger partial charge in [-0.1, -0.05) is 6.92 Å². The van der Waals surface area contributed by atoms with Gasteiger partial charge in [-0.2, -0.15) is 0 Å². The number of aryl methyl sites for hydroxylation is 1. The van der Waals surface area contributed by atoms with E-state index in [9.17, 15) is 0 Å². The van der Waals surface area contributed by atoms with Crippen molar-refractivity contribution in [2.45, 2.75) is 39.2 Å². The third kappa shape index (κ3) is 2.40. The van der Waals surface area contributed by atoms with Crippen LogP contribution in [0.15, 0.2) is 12.4 Å². The average Bonchev–Trinajstić information content (AvgIpc) is 2.91. The Morgan fingerprint density at radius 2 is 2.25 bits per heavy atom. The summed E-state index contributed by atoms with van der Waals surface area (Å²) < 4.78 is 0. The Kier molecular flexibility index (Phi) is 3.89. The number of nitrogens with zero attached hydrogens (tertiary/aromatic N) is 3. The van der Waals surface area contributed by atoms with Crippen LogP contribution in [0.25, 0.3) is 10.2 Å². The van der Waals surface area contributed by atoms with Gasteiger partial charge in [-0.15, -0.1) is 11.3 Å². The van der Waals surface area contributed by atoms with Crippen molar-refractivity contribution in [2.24, 2.45) is 11.7 Å². The molecule has 20 heavy (non-hydrogen) atoms. The number of thiophene rings is 1. The lowest BCUT2D eigenvalue weighted by Gasteiger charge is -2.38. The van der Waals surface area contributed by atoms with E-state index in [1.165, 1.54) is 23.1 Å². The van der Waals surface area contributed by atoms with E-state index in [4.69, 9.17) is 5.73 Å². The molecule has 1 aliphatic heterocycles. The third-order valence-corrected chi connectivity index (χ3v) is 5.48. The molecule has 0 radical (unpaired) electrons. The largest absolute Gasteiger partial charge is 0.353 e. The van der Waals surface area contributed by atoms with Gasteiger partial charge in [0.25, 0.3) is 0 Å². The van der Waals surface area contributed by atoms with E-state index >= 15 is 0 Å². The minimum absolute atomic E-state index is 0.529. The maximum atomic E-state index is 5.87. The summed E-state index contributed by atoms with van der Waals surface area (Å²) in [6.45, 7) is 6.25. The maximum absolute atomic E-state index is 5.87. The van der Waals surface area contributed by atoms with Crippen LogP contribution < -0.4 is 10.6 Å². The summed E-state index contributed by atoms with van der Waals surface area (Å²) in [4.78, 5) is 13.9. The minimum Gasteiger partial charge on any atom is -0.353 e. The topological polar surface area (TPSA) is 55.0 Å². The molecule has 2 atom stereocenters. The van der Waals surface area contributed by atoms with Gasteiger partial charge in [0.05, 0.1) is 5.39 Å². The molecule has 1 saturated heterocycles. The molecule has 1 fully saturated rings. The smallest absolute Gasteiger partial charge is 0.141 e. The zero-order chi connectivity index (χ0) is 14.1. The molecule has 0 aliphatic carbocycles. The molecule has 2 unspecified atom stereocenters. The van der Waals surface area contributed by atoms with E-state index in [0.29, 0.717) is 12.0 Å². The lowest BCUT2D eigenvalue weighted by Crippen LogP contribution is -2.44. The van der Waals surface area contributed by atoms with Gasteiger partial charge >= 0.3 is 0 Å². The van der Waals surface area contributed by atoms with Crippen molar-refractivity contribution in [1.29, 1.82) is 0 Å². The Balaban J connectivity index is 2.01. The van der Waals surface area contributed by atoms with Crippen molar-refractivity contribution < 1.29 is 0 Å². The quantitative estimate of drug-likeness (QED) is 0.944. The fraction of sp³-hybridized carbons (Fsp3) is 0.600. The van der Waals surface area contributed by atoms with Crippen LogP contribution in [0, 0.1) is 5.92 Å². The van der Waals surface area contributed by atoms with Crippen molar-refractivity contribution in [3.63, 3.8) is 0 Å². The van der Waals surface area contributed by atoms with Crippen LogP contribution in [0.3, 0.4) is 0 Å². The zero-order valence-electron chi connectivity index (χ0n) is 12.2. The molecule has 0 spiro atoms. The van der Waals surface area contributed by atoms with Gasteiger partial charge in [-0.3, -0.25) is 0 Å². The van der Waals surface area contributed by atoms with Crippen LogP contribution in [0.2, 0.25) is 0 Å². The van der Waals surface area contributed by atoms with Crippen molar-refractivity contribution in [1.82, 2.24) is 9.97 Å². The highest BCUT2D eigenvalue weighted by atomic mass is 32.1. The van der Waals surface area contributed by atoms with Crippen LogP contribution in [-0.4, -0.2) is 29.1 Å². The van der Waals surface area contributed by atoms with Gasteiger partial charge in [0.15, 0.2) is 0 Å². The Labute approximate surface area is 124 Å². The van der Waals surface area contributed by atoms with Gasteiger partial charge in [0.1, 0.15) is 17.0 Å². The average molecular weight is 290 g/mol. The summed E-state index contributed by atoms with van der Waals surface area (Å²) in [6.07, 6.45) is 5.18. The van der Waals surface area contributed by atoms with Gasteiger partial charge in [0.2, 0.25) is 0 Å². The second-order valence-corrected chi connectivity index (χ2v) is 6.78. The molecular formula is C15H22N4S. The maximum Gasteiger partial charge on any atom is 0.141 e. The number of piperidine rings is 1. The number of hydrogen-bond donors (Lipinski definition) is 1. The number of fused-ring (bicyclic) bond motifs is 1. The molecule has 2 aromatic rings. The van der Waals surface area contributed by atoms with Crippen LogP contribution in [-0.2, 0) is 6.42 Å². The first-order valence-electron chi connectivity index (χ1n) is 7.43. The van der Waals surface area contributed by atoms with E-state index in [2.05, 4.69) is 34.8 Å². The summed E-state index contributed by atoms with van der Waals surface area (Å²) in [5.74, 6) is 1.68. The molecule has 0 saturated carbocycles. The molecule has 4 nitrogen and oxygen atoms in total. The van der Waals surface area contributed by atoms with Crippen LogP contribution in [0.5, 0.6) is 0 Å². The lowest BCUT2D eigenvalue weighted by molar-refractivity contribution is 0.372. The van der Waals surface area contributed by atoms with Crippen molar-refractivity contribution >= 4 is 27.4 Å². The Morgan fingerprint density at radius 3 is 3.00 bits per heavy atom. The van der Waals surface area contributed by atoms with E-state index < -0.39 is 0 Å². The summed E-state index contributed by atoms with van der Waals surface area (Å²) in [5, 5.41) is 1.21. The van der Waals surface area contributed by atoms with Crippen LogP contribution >= 0.6 is 11.3 Å². The predicted octanol–water partition coefficient (Wildman–Crippen LogP) is 2.82. The normalized spacial score (nSPS) is 23.4. The van der Waals surface area contributed by atoms with E-state index in [1.54, 1.807) is 17.7 Å². The molecule has 5 heteroatoms. The Hall–Kier alpha value is -1.20. The third-order valence-electron chi connectivity index (χ3n) is 4.29. The first-order chi connectivity index (χ1) is 9.72. The molecule has 108 valence electrons. The van der Waals surface area contributed by atoms with Gasteiger partial charge in [-0.05, 0) is 44.7 Å². The first kappa shape index (κ1) is 13.8. The molecule has 2 N–H and O–H groups in total. The highest BCUT2D eigenvalue weighted by Crippen LogP contribution is 2.34. The summed E-state index contributed by atoms with van der Waals surface area (Å²) in [5.41, 5.74) is 5.87. The molecule has 3 rings (SSSR count). The van der Waals surface area contributed by atoms with Crippen molar-refractivity contribution in [2.75, 3.05) is 18.0 Å². The highest BCUT2D eigenvalue weighted by molar-refractivity contribution is 7.18. The van der Waals surface area contributed by atoms with Crippen LogP contribution in [0.1, 0.15) is 31.6 Å². The summed E-state index contributed by atoms with van der Waals surface area (Å²) in [6, 6.07) is 2.79. The van der Waals surface area contributed by atoms with Gasteiger partial charge < -0.3 is 10.6 Å². The number of anilines is 1. The first-order valence-corrected chi connectivity index (χ1v) is 8.24. The SMILES string of the molecule is CCc1cc2c(N3CC(CN)CCC3C)ncnc2s1.